The van der Waals surface area contributed by atoms with Gasteiger partial charge >= 0.3 is 12.1 Å². The van der Waals surface area contributed by atoms with Gasteiger partial charge in [-0.1, -0.05) is 18.2 Å². The summed E-state index contributed by atoms with van der Waals surface area (Å²) in [6.45, 7) is 3.03. The zero-order valence-corrected chi connectivity index (χ0v) is 12.3. The summed E-state index contributed by atoms with van der Waals surface area (Å²) < 4.78 is 9.88. The minimum absolute atomic E-state index is 0.306. The first-order chi connectivity index (χ1) is 10.2. The molecule has 0 unspecified atom stereocenters. The van der Waals surface area contributed by atoms with E-state index in [0.717, 1.165) is 11.3 Å². The van der Waals surface area contributed by atoms with Gasteiger partial charge in [0.2, 0.25) is 0 Å². The summed E-state index contributed by atoms with van der Waals surface area (Å²) in [7, 11) is 1.58. The number of para-hydroxylation sites is 1. The van der Waals surface area contributed by atoms with Gasteiger partial charge in [0.15, 0.2) is 0 Å². The fourth-order valence-electron chi connectivity index (χ4n) is 1.61. The number of carbonyl (C=O) groups excluding carboxylic acids is 2. The zero-order valence-electron chi connectivity index (χ0n) is 12.3. The van der Waals surface area contributed by atoms with Crippen molar-refractivity contribution in [3.63, 3.8) is 0 Å². The fourth-order valence-corrected chi connectivity index (χ4v) is 1.61. The third kappa shape index (κ3) is 6.51. The average Bonchev–Trinajstić information content (AvgIpc) is 2.50. The van der Waals surface area contributed by atoms with Crippen LogP contribution in [0, 0.1) is 0 Å². The molecular formula is C14H21N3O4. The molecule has 7 nitrogen and oxygen atoms in total. The molecule has 0 aliphatic rings. The molecule has 116 valence electrons. The van der Waals surface area contributed by atoms with E-state index in [1.165, 1.54) is 0 Å². The van der Waals surface area contributed by atoms with Crippen LogP contribution in [0.1, 0.15) is 12.5 Å². The summed E-state index contributed by atoms with van der Waals surface area (Å²) >= 11 is 0. The van der Waals surface area contributed by atoms with Gasteiger partial charge < -0.3 is 25.4 Å². The molecule has 0 aromatic heterocycles. The van der Waals surface area contributed by atoms with Crippen molar-refractivity contribution in [1.29, 1.82) is 0 Å². The quantitative estimate of drug-likeness (QED) is 0.660. The topological polar surface area (TPSA) is 88.7 Å². The Hall–Kier alpha value is -2.44. The number of benzene rings is 1. The first kappa shape index (κ1) is 16.6. The van der Waals surface area contributed by atoms with Gasteiger partial charge in [-0.2, -0.15) is 0 Å². The predicted molar refractivity (Wildman–Crippen MR) is 78.3 cm³/mol. The molecule has 1 aromatic rings. The molecule has 21 heavy (non-hydrogen) atoms. The highest BCUT2D eigenvalue weighted by Gasteiger charge is 2.04. The molecule has 0 saturated carbocycles. The number of ether oxygens (including phenoxy) is 2. The predicted octanol–water partition coefficient (Wildman–Crippen LogP) is 1.24. The molecule has 0 bridgehead atoms. The van der Waals surface area contributed by atoms with Crippen LogP contribution in [-0.2, 0) is 11.3 Å². The van der Waals surface area contributed by atoms with Crippen molar-refractivity contribution in [2.24, 2.45) is 0 Å². The second-order valence-corrected chi connectivity index (χ2v) is 4.07. The van der Waals surface area contributed by atoms with Gasteiger partial charge in [0.25, 0.3) is 0 Å². The van der Waals surface area contributed by atoms with E-state index in [0.29, 0.717) is 26.2 Å². The highest BCUT2D eigenvalue weighted by Crippen LogP contribution is 2.16. The number of carbonyl (C=O) groups is 2. The van der Waals surface area contributed by atoms with Gasteiger partial charge in [-0.25, -0.2) is 9.59 Å². The Balaban J connectivity index is 2.21. The number of rotatable bonds is 7. The van der Waals surface area contributed by atoms with Crippen molar-refractivity contribution in [2.45, 2.75) is 13.5 Å². The van der Waals surface area contributed by atoms with E-state index in [9.17, 15) is 9.59 Å². The van der Waals surface area contributed by atoms with Gasteiger partial charge in [-0.3, -0.25) is 0 Å². The molecule has 3 N–H and O–H groups in total. The van der Waals surface area contributed by atoms with Crippen LogP contribution >= 0.6 is 0 Å². The van der Waals surface area contributed by atoms with E-state index < -0.39 is 6.09 Å². The van der Waals surface area contributed by atoms with Crippen LogP contribution in [0.3, 0.4) is 0 Å². The molecular weight excluding hydrogens is 274 g/mol. The Labute approximate surface area is 124 Å². The Morgan fingerprint density at radius 1 is 1.10 bits per heavy atom. The lowest BCUT2D eigenvalue weighted by atomic mass is 10.2. The molecule has 0 radical (unpaired) electrons. The van der Waals surface area contributed by atoms with Gasteiger partial charge in [0.05, 0.1) is 13.7 Å². The lowest BCUT2D eigenvalue weighted by Gasteiger charge is -2.10. The normalized spacial score (nSPS) is 9.62. The second-order valence-electron chi connectivity index (χ2n) is 4.07. The molecule has 0 fully saturated rings. The number of hydrogen-bond donors (Lipinski definition) is 3. The fraction of sp³-hybridized carbons (Fsp3) is 0.429. The Morgan fingerprint density at radius 3 is 2.52 bits per heavy atom. The summed E-state index contributed by atoms with van der Waals surface area (Å²) in [5.41, 5.74) is 0.889. The molecule has 0 saturated heterocycles. The lowest BCUT2D eigenvalue weighted by Crippen LogP contribution is -2.40. The number of amides is 3. The Bertz CT molecular complexity index is 465. The minimum atomic E-state index is -0.492. The van der Waals surface area contributed by atoms with Crippen molar-refractivity contribution >= 4 is 12.1 Å². The Kier molecular flexibility index (Phi) is 7.49. The van der Waals surface area contributed by atoms with Gasteiger partial charge in [-0.15, -0.1) is 0 Å². The van der Waals surface area contributed by atoms with Crippen LogP contribution < -0.4 is 20.7 Å². The molecule has 0 aliphatic carbocycles. The molecule has 7 heteroatoms. The third-order valence-electron chi connectivity index (χ3n) is 2.59. The smallest absolute Gasteiger partial charge is 0.407 e. The van der Waals surface area contributed by atoms with Crippen LogP contribution in [0.5, 0.6) is 5.75 Å². The summed E-state index contributed by atoms with van der Waals surface area (Å²) in [6.07, 6.45) is -0.492. The van der Waals surface area contributed by atoms with Crippen LogP contribution in [0.4, 0.5) is 9.59 Å². The van der Waals surface area contributed by atoms with Crippen LogP contribution in [0.2, 0.25) is 0 Å². The summed E-state index contributed by atoms with van der Waals surface area (Å²) in [6, 6.07) is 7.13. The number of hydrogen-bond acceptors (Lipinski definition) is 4. The van der Waals surface area contributed by atoms with E-state index in [2.05, 4.69) is 20.7 Å². The van der Waals surface area contributed by atoms with E-state index >= 15 is 0 Å². The largest absolute Gasteiger partial charge is 0.496 e. The Morgan fingerprint density at radius 2 is 1.81 bits per heavy atom. The van der Waals surface area contributed by atoms with Crippen molar-refractivity contribution < 1.29 is 19.1 Å². The number of nitrogens with one attached hydrogen (secondary N) is 3. The minimum Gasteiger partial charge on any atom is -0.496 e. The summed E-state index contributed by atoms with van der Waals surface area (Å²) in [5.74, 6) is 0.724. The van der Waals surface area contributed by atoms with E-state index in [1.807, 2.05) is 24.3 Å². The van der Waals surface area contributed by atoms with Crippen molar-refractivity contribution in [1.82, 2.24) is 16.0 Å². The van der Waals surface area contributed by atoms with Crippen LogP contribution in [0.25, 0.3) is 0 Å². The molecule has 3 amide bonds. The van der Waals surface area contributed by atoms with E-state index in [-0.39, 0.29) is 6.03 Å². The maximum absolute atomic E-state index is 11.6. The molecule has 1 rings (SSSR count). The highest BCUT2D eigenvalue weighted by molar-refractivity contribution is 5.74. The number of urea groups is 1. The third-order valence-corrected chi connectivity index (χ3v) is 2.59. The average molecular weight is 295 g/mol. The molecule has 1 aromatic carbocycles. The number of methoxy groups -OCH3 is 1. The van der Waals surface area contributed by atoms with Crippen LogP contribution in [0.15, 0.2) is 24.3 Å². The van der Waals surface area contributed by atoms with Crippen molar-refractivity contribution in [3.05, 3.63) is 29.8 Å². The second kappa shape index (κ2) is 9.46. The van der Waals surface area contributed by atoms with E-state index in [1.54, 1.807) is 14.0 Å². The molecule has 0 aliphatic heterocycles. The summed E-state index contributed by atoms with van der Waals surface area (Å²) in [4.78, 5) is 22.6. The zero-order chi connectivity index (χ0) is 15.5. The van der Waals surface area contributed by atoms with Gasteiger partial charge in [0.1, 0.15) is 5.75 Å². The van der Waals surface area contributed by atoms with Crippen LogP contribution in [-0.4, -0.2) is 38.9 Å². The molecule has 0 heterocycles. The maximum Gasteiger partial charge on any atom is 0.407 e. The monoisotopic (exact) mass is 295 g/mol. The van der Waals surface area contributed by atoms with Crippen molar-refractivity contribution in [2.75, 3.05) is 26.8 Å². The molecule has 0 atom stereocenters. The SMILES string of the molecule is CCOC(=O)NCCNC(=O)NCc1ccccc1OC. The van der Waals surface area contributed by atoms with Gasteiger partial charge in [0, 0.05) is 25.2 Å². The first-order valence-electron chi connectivity index (χ1n) is 6.71. The highest BCUT2D eigenvalue weighted by atomic mass is 16.5. The summed E-state index contributed by atoms with van der Waals surface area (Å²) in [5, 5.41) is 7.85. The maximum atomic E-state index is 11.6. The lowest BCUT2D eigenvalue weighted by molar-refractivity contribution is 0.152. The first-order valence-corrected chi connectivity index (χ1v) is 6.71. The standard InChI is InChI=1S/C14H21N3O4/c1-3-21-14(19)16-9-8-15-13(18)17-10-11-6-4-5-7-12(11)20-2/h4-7H,3,8-10H2,1-2H3,(H,16,19)(H2,15,17,18). The van der Waals surface area contributed by atoms with E-state index in [4.69, 9.17) is 4.74 Å². The van der Waals surface area contributed by atoms with Gasteiger partial charge in [-0.05, 0) is 13.0 Å². The molecule has 0 spiro atoms. The van der Waals surface area contributed by atoms with Crippen molar-refractivity contribution in [3.8, 4) is 5.75 Å². The number of alkyl carbamates (subject to hydrolysis) is 1.